The molecule has 1 heterocycles. The number of nitrogens with two attached hydrogens (primary N) is 1. The zero-order valence-electron chi connectivity index (χ0n) is 11.6. The van der Waals surface area contributed by atoms with Gasteiger partial charge >= 0.3 is 6.03 Å². The van der Waals surface area contributed by atoms with Gasteiger partial charge in [0.25, 0.3) is 0 Å². The van der Waals surface area contributed by atoms with Gasteiger partial charge in [-0.15, -0.1) is 0 Å². The van der Waals surface area contributed by atoms with E-state index in [1.165, 1.54) is 19.3 Å². The van der Waals surface area contributed by atoms with Crippen LogP contribution in [-0.2, 0) is 0 Å². The molecule has 0 aromatic rings. The van der Waals surface area contributed by atoms with E-state index in [2.05, 4.69) is 16.7 Å². The van der Waals surface area contributed by atoms with Crippen LogP contribution in [0.5, 0.6) is 0 Å². The monoisotopic (exact) mass is 253 g/mol. The summed E-state index contributed by atoms with van der Waals surface area (Å²) in [5.74, 6) is 0.773. The van der Waals surface area contributed by atoms with E-state index in [9.17, 15) is 4.79 Å². The molecule has 2 N–H and O–H groups in total. The lowest BCUT2D eigenvalue weighted by Gasteiger charge is -2.42. The number of carbonyl (C=O) groups excluding carboxylic acids is 1. The summed E-state index contributed by atoms with van der Waals surface area (Å²) in [5, 5.41) is 0. The lowest BCUT2D eigenvalue weighted by Crippen LogP contribution is -2.52. The first kappa shape index (κ1) is 13.7. The summed E-state index contributed by atoms with van der Waals surface area (Å²) < 4.78 is 0. The minimum Gasteiger partial charge on any atom is -0.330 e. The second-order valence-electron chi connectivity index (χ2n) is 5.87. The minimum absolute atomic E-state index is 0.264. The highest BCUT2D eigenvalue weighted by molar-refractivity contribution is 5.75. The van der Waals surface area contributed by atoms with Crippen molar-refractivity contribution in [1.82, 2.24) is 9.80 Å². The van der Waals surface area contributed by atoms with Crippen LogP contribution in [0.1, 0.15) is 45.4 Å². The maximum Gasteiger partial charge on any atom is 0.320 e. The Morgan fingerprint density at radius 1 is 1.28 bits per heavy atom. The van der Waals surface area contributed by atoms with Crippen LogP contribution < -0.4 is 5.73 Å². The number of amides is 2. The van der Waals surface area contributed by atoms with Crippen LogP contribution in [0, 0.1) is 5.92 Å². The molecule has 0 radical (unpaired) electrons. The smallest absolute Gasteiger partial charge is 0.320 e. The zero-order chi connectivity index (χ0) is 13.0. The lowest BCUT2D eigenvalue weighted by atomic mass is 9.91. The maximum atomic E-state index is 12.6. The van der Waals surface area contributed by atoms with Crippen LogP contribution in [0.15, 0.2) is 0 Å². The van der Waals surface area contributed by atoms with Crippen molar-refractivity contribution in [2.45, 2.75) is 51.5 Å². The number of hydrogen-bond donors (Lipinski definition) is 1. The molecule has 0 spiro atoms. The third kappa shape index (κ3) is 3.16. The Labute approximate surface area is 110 Å². The number of likely N-dealkylation sites (tertiary alicyclic amines) is 1. The number of rotatable bonds is 4. The van der Waals surface area contributed by atoms with E-state index in [-0.39, 0.29) is 6.03 Å². The fourth-order valence-electron chi connectivity index (χ4n) is 2.78. The molecule has 0 aromatic carbocycles. The van der Waals surface area contributed by atoms with Crippen molar-refractivity contribution in [2.75, 3.05) is 26.2 Å². The van der Waals surface area contributed by atoms with Crippen LogP contribution >= 0.6 is 0 Å². The SMILES string of the molecule is CC1CCN(C(=O)N(CCCN)C2CCC2)CC1. The molecule has 2 aliphatic rings. The molecule has 4 nitrogen and oxygen atoms in total. The highest BCUT2D eigenvalue weighted by atomic mass is 16.2. The quantitative estimate of drug-likeness (QED) is 0.833. The van der Waals surface area contributed by atoms with E-state index in [1.54, 1.807) is 0 Å². The molecule has 1 saturated heterocycles. The third-order valence-corrected chi connectivity index (χ3v) is 4.42. The number of nitrogens with zero attached hydrogens (tertiary/aromatic N) is 2. The number of urea groups is 1. The van der Waals surface area contributed by atoms with Crippen LogP contribution in [-0.4, -0.2) is 48.1 Å². The molecule has 1 saturated carbocycles. The summed E-state index contributed by atoms with van der Waals surface area (Å²) in [5.41, 5.74) is 5.58. The first-order valence-corrected chi connectivity index (χ1v) is 7.48. The lowest BCUT2D eigenvalue weighted by molar-refractivity contribution is 0.0946. The molecule has 0 atom stereocenters. The highest BCUT2D eigenvalue weighted by Gasteiger charge is 2.32. The van der Waals surface area contributed by atoms with E-state index in [0.29, 0.717) is 12.6 Å². The molecule has 0 aromatic heterocycles. The van der Waals surface area contributed by atoms with Crippen LogP contribution in [0.25, 0.3) is 0 Å². The number of piperidine rings is 1. The van der Waals surface area contributed by atoms with Gasteiger partial charge < -0.3 is 15.5 Å². The van der Waals surface area contributed by atoms with Crippen molar-refractivity contribution < 1.29 is 4.79 Å². The first-order valence-electron chi connectivity index (χ1n) is 7.48. The van der Waals surface area contributed by atoms with Gasteiger partial charge in [0.2, 0.25) is 0 Å². The molecule has 0 unspecified atom stereocenters. The normalized spacial score (nSPS) is 21.8. The van der Waals surface area contributed by atoms with Crippen molar-refractivity contribution in [3.8, 4) is 0 Å². The fourth-order valence-corrected chi connectivity index (χ4v) is 2.78. The Hall–Kier alpha value is -0.770. The van der Waals surface area contributed by atoms with Gasteiger partial charge in [0.05, 0.1) is 0 Å². The molecule has 4 heteroatoms. The summed E-state index contributed by atoms with van der Waals surface area (Å²) in [7, 11) is 0. The topological polar surface area (TPSA) is 49.6 Å². The predicted molar refractivity (Wildman–Crippen MR) is 73.4 cm³/mol. The standard InChI is InChI=1S/C14H27N3O/c1-12-6-10-16(11-7-12)14(18)17(9-3-8-15)13-4-2-5-13/h12-13H,2-11,15H2,1H3. The number of hydrogen-bond acceptors (Lipinski definition) is 2. The Morgan fingerprint density at radius 2 is 1.94 bits per heavy atom. The summed E-state index contributed by atoms with van der Waals surface area (Å²) in [4.78, 5) is 16.7. The van der Waals surface area contributed by atoms with Crippen molar-refractivity contribution in [2.24, 2.45) is 11.7 Å². The van der Waals surface area contributed by atoms with Gasteiger partial charge in [0.15, 0.2) is 0 Å². The second-order valence-corrected chi connectivity index (χ2v) is 5.87. The van der Waals surface area contributed by atoms with Crippen molar-refractivity contribution in [3.05, 3.63) is 0 Å². The summed E-state index contributed by atoms with van der Waals surface area (Å²) in [6, 6.07) is 0.753. The van der Waals surface area contributed by atoms with Crippen LogP contribution in [0.4, 0.5) is 4.79 Å². The number of carbonyl (C=O) groups is 1. The van der Waals surface area contributed by atoms with Gasteiger partial charge in [-0.2, -0.15) is 0 Å². The van der Waals surface area contributed by atoms with Gasteiger partial charge in [-0.25, -0.2) is 4.79 Å². The average Bonchev–Trinajstić information content (AvgIpc) is 2.32. The van der Waals surface area contributed by atoms with Gasteiger partial charge in [-0.3, -0.25) is 0 Å². The third-order valence-electron chi connectivity index (χ3n) is 4.42. The second kappa shape index (κ2) is 6.41. The van der Waals surface area contributed by atoms with Crippen LogP contribution in [0.2, 0.25) is 0 Å². The van der Waals surface area contributed by atoms with Gasteiger partial charge in [0, 0.05) is 25.7 Å². The Morgan fingerprint density at radius 3 is 2.44 bits per heavy atom. The molecule has 104 valence electrons. The van der Waals surface area contributed by atoms with E-state index >= 15 is 0 Å². The van der Waals surface area contributed by atoms with E-state index in [4.69, 9.17) is 5.73 Å². The molecule has 1 aliphatic carbocycles. The fraction of sp³-hybridized carbons (Fsp3) is 0.929. The van der Waals surface area contributed by atoms with Crippen molar-refractivity contribution in [3.63, 3.8) is 0 Å². The summed E-state index contributed by atoms with van der Waals surface area (Å²) in [6.07, 6.45) is 6.87. The molecule has 18 heavy (non-hydrogen) atoms. The van der Waals surface area contributed by atoms with E-state index in [1.807, 2.05) is 0 Å². The van der Waals surface area contributed by atoms with Crippen molar-refractivity contribution >= 4 is 6.03 Å². The highest BCUT2D eigenvalue weighted by Crippen LogP contribution is 2.27. The zero-order valence-corrected chi connectivity index (χ0v) is 11.6. The van der Waals surface area contributed by atoms with E-state index < -0.39 is 0 Å². The Kier molecular flexibility index (Phi) is 4.87. The first-order chi connectivity index (χ1) is 8.72. The van der Waals surface area contributed by atoms with E-state index in [0.717, 1.165) is 44.8 Å². The molecular weight excluding hydrogens is 226 g/mol. The molecule has 2 fully saturated rings. The molecule has 2 rings (SSSR count). The predicted octanol–water partition coefficient (Wildman–Crippen LogP) is 2.04. The Balaban J connectivity index is 1.89. The van der Waals surface area contributed by atoms with Crippen LogP contribution in [0.3, 0.4) is 0 Å². The molecule has 2 amide bonds. The summed E-state index contributed by atoms with van der Waals surface area (Å²) in [6.45, 7) is 5.66. The molecular formula is C14H27N3O. The van der Waals surface area contributed by atoms with Gasteiger partial charge in [-0.05, 0) is 51.0 Å². The Bertz CT molecular complexity index is 270. The van der Waals surface area contributed by atoms with Gasteiger partial charge in [-0.1, -0.05) is 6.92 Å². The molecule has 0 bridgehead atoms. The summed E-state index contributed by atoms with van der Waals surface area (Å²) >= 11 is 0. The largest absolute Gasteiger partial charge is 0.330 e. The minimum atomic E-state index is 0.264. The molecule has 1 aliphatic heterocycles. The average molecular weight is 253 g/mol. The van der Waals surface area contributed by atoms with Gasteiger partial charge in [0.1, 0.15) is 0 Å². The van der Waals surface area contributed by atoms with Crippen molar-refractivity contribution in [1.29, 1.82) is 0 Å². The maximum absolute atomic E-state index is 12.6.